The van der Waals surface area contributed by atoms with Gasteiger partial charge in [0.25, 0.3) is 0 Å². The summed E-state index contributed by atoms with van der Waals surface area (Å²) in [4.78, 5) is 3.96. The van der Waals surface area contributed by atoms with E-state index in [2.05, 4.69) is 26.2 Å². The van der Waals surface area contributed by atoms with Crippen molar-refractivity contribution in [3.63, 3.8) is 0 Å². The lowest BCUT2D eigenvalue weighted by molar-refractivity contribution is 0.554. The molecule has 2 nitrogen and oxygen atoms in total. The average molecular weight is 344 g/mol. The number of likely N-dealkylation sites (N-methyl/N-ethyl adjacent to an activating group) is 1. The van der Waals surface area contributed by atoms with Crippen LogP contribution in [0.4, 0.5) is 4.39 Å². The molecule has 1 atom stereocenters. The molecule has 5 heteroatoms. The van der Waals surface area contributed by atoms with Crippen molar-refractivity contribution in [2.24, 2.45) is 0 Å². The summed E-state index contributed by atoms with van der Waals surface area (Å²) in [6.07, 6.45) is 3.80. The first-order valence-corrected chi connectivity index (χ1v) is 6.99. The van der Waals surface area contributed by atoms with Crippen LogP contribution in [0.2, 0.25) is 5.02 Å². The van der Waals surface area contributed by atoms with Gasteiger partial charge in [-0.25, -0.2) is 4.39 Å². The van der Waals surface area contributed by atoms with E-state index in [9.17, 15) is 4.39 Å². The van der Waals surface area contributed by atoms with E-state index >= 15 is 0 Å². The summed E-state index contributed by atoms with van der Waals surface area (Å²) >= 11 is 9.49. The van der Waals surface area contributed by atoms with Gasteiger partial charge in [0, 0.05) is 22.9 Å². The maximum Gasteiger partial charge on any atom is 0.126 e. The Morgan fingerprint density at radius 3 is 2.89 bits per heavy atom. The largest absolute Gasteiger partial charge is 0.313 e. The summed E-state index contributed by atoms with van der Waals surface area (Å²) in [5, 5.41) is 3.74. The van der Waals surface area contributed by atoms with Gasteiger partial charge in [-0.1, -0.05) is 27.5 Å². The Bertz CT molecular complexity index is 577. The van der Waals surface area contributed by atoms with Gasteiger partial charge in [-0.05, 0) is 48.9 Å². The highest BCUT2D eigenvalue weighted by Crippen LogP contribution is 2.26. The number of rotatable bonds is 4. The zero-order chi connectivity index (χ0) is 13.8. The number of hydrogen-bond acceptors (Lipinski definition) is 2. The highest BCUT2D eigenvalue weighted by molar-refractivity contribution is 9.10. The number of hydrogen-bond donors (Lipinski definition) is 1. The van der Waals surface area contributed by atoms with Gasteiger partial charge in [-0.3, -0.25) is 4.98 Å². The second kappa shape index (κ2) is 6.46. The van der Waals surface area contributed by atoms with Crippen LogP contribution >= 0.6 is 27.5 Å². The minimum Gasteiger partial charge on any atom is -0.313 e. The Kier molecular flexibility index (Phi) is 4.91. The van der Waals surface area contributed by atoms with Crippen LogP contribution in [0, 0.1) is 5.82 Å². The smallest absolute Gasteiger partial charge is 0.126 e. The number of halogens is 3. The highest BCUT2D eigenvalue weighted by Gasteiger charge is 2.15. The van der Waals surface area contributed by atoms with Crippen LogP contribution < -0.4 is 5.32 Å². The first kappa shape index (κ1) is 14.4. The molecule has 0 amide bonds. The van der Waals surface area contributed by atoms with Crippen LogP contribution in [-0.4, -0.2) is 12.0 Å². The summed E-state index contributed by atoms with van der Waals surface area (Å²) < 4.78 is 14.6. The molecule has 2 aromatic rings. The van der Waals surface area contributed by atoms with Crippen molar-refractivity contribution in [3.8, 4) is 0 Å². The van der Waals surface area contributed by atoms with Crippen molar-refractivity contribution in [1.29, 1.82) is 0 Å². The number of pyridine rings is 1. The number of nitrogens with zero attached hydrogens (tertiary/aromatic N) is 1. The molecule has 0 radical (unpaired) electrons. The van der Waals surface area contributed by atoms with Crippen LogP contribution in [0.1, 0.15) is 17.2 Å². The first-order valence-electron chi connectivity index (χ1n) is 5.82. The monoisotopic (exact) mass is 342 g/mol. The molecule has 0 aliphatic heterocycles. The molecule has 0 aliphatic rings. The molecule has 1 N–H and O–H groups in total. The number of nitrogens with one attached hydrogen (secondary N) is 1. The molecule has 19 heavy (non-hydrogen) atoms. The third-order valence-corrected chi connectivity index (χ3v) is 3.77. The number of aromatic nitrogens is 1. The topological polar surface area (TPSA) is 24.9 Å². The lowest BCUT2D eigenvalue weighted by atomic mass is 9.99. The lowest BCUT2D eigenvalue weighted by Crippen LogP contribution is -2.19. The maximum atomic E-state index is 13.8. The average Bonchev–Trinajstić information content (AvgIpc) is 2.41. The van der Waals surface area contributed by atoms with Crippen LogP contribution in [0.3, 0.4) is 0 Å². The van der Waals surface area contributed by atoms with Gasteiger partial charge in [0.05, 0.1) is 5.02 Å². The van der Waals surface area contributed by atoms with Gasteiger partial charge in [0.2, 0.25) is 0 Å². The Balaban J connectivity index is 2.29. The molecule has 0 saturated carbocycles. The molecule has 0 spiro atoms. The molecular formula is C14H13BrClFN2. The molecule has 0 aliphatic carbocycles. The summed E-state index contributed by atoms with van der Waals surface area (Å²) in [6, 6.07) is 6.72. The highest BCUT2D eigenvalue weighted by atomic mass is 79.9. The normalized spacial score (nSPS) is 12.4. The fourth-order valence-corrected chi connectivity index (χ4v) is 2.62. The standard InChI is InChI=1S/C14H13BrClFN2/c1-18-14(11-4-5-19-8-12(11)16)7-9-6-10(15)2-3-13(9)17/h2-6,8,14,18H,7H2,1H3. The third kappa shape index (κ3) is 3.53. The van der Waals surface area contributed by atoms with Crippen LogP contribution in [0.15, 0.2) is 41.1 Å². The fraction of sp³-hybridized carbons (Fsp3) is 0.214. The van der Waals surface area contributed by atoms with Gasteiger partial charge in [-0.15, -0.1) is 0 Å². The summed E-state index contributed by atoms with van der Waals surface area (Å²) in [5.74, 6) is -0.214. The predicted octanol–water partition coefficient (Wildman–Crippen LogP) is 4.14. The van der Waals surface area contributed by atoms with Crippen molar-refractivity contribution < 1.29 is 4.39 Å². The predicted molar refractivity (Wildman–Crippen MR) is 78.9 cm³/mol. The van der Waals surface area contributed by atoms with E-state index in [0.717, 1.165) is 10.0 Å². The zero-order valence-corrected chi connectivity index (χ0v) is 12.7. The molecule has 2 rings (SSSR count). The van der Waals surface area contributed by atoms with Crippen molar-refractivity contribution in [2.45, 2.75) is 12.5 Å². The minimum atomic E-state index is -0.214. The van der Waals surface area contributed by atoms with E-state index in [1.807, 2.05) is 13.1 Å². The van der Waals surface area contributed by atoms with E-state index < -0.39 is 0 Å². The molecule has 0 bridgehead atoms. The Morgan fingerprint density at radius 1 is 1.42 bits per heavy atom. The van der Waals surface area contributed by atoms with Gasteiger partial charge >= 0.3 is 0 Å². The lowest BCUT2D eigenvalue weighted by Gasteiger charge is -2.18. The molecule has 0 saturated heterocycles. The third-order valence-electron chi connectivity index (χ3n) is 2.96. The van der Waals surface area contributed by atoms with Crippen LogP contribution in [0.25, 0.3) is 0 Å². The number of benzene rings is 1. The SMILES string of the molecule is CNC(Cc1cc(Br)ccc1F)c1ccncc1Cl. The Labute approximate surface area is 125 Å². The van der Waals surface area contributed by atoms with Gasteiger partial charge < -0.3 is 5.32 Å². The van der Waals surface area contributed by atoms with Crippen LogP contribution in [0.5, 0.6) is 0 Å². The maximum absolute atomic E-state index is 13.8. The van der Waals surface area contributed by atoms with Gasteiger partial charge in [0.15, 0.2) is 0 Å². The summed E-state index contributed by atoms with van der Waals surface area (Å²) in [7, 11) is 1.83. The Morgan fingerprint density at radius 2 is 2.21 bits per heavy atom. The molecule has 1 heterocycles. The Hall–Kier alpha value is -0.970. The summed E-state index contributed by atoms with van der Waals surface area (Å²) in [6.45, 7) is 0. The van der Waals surface area contributed by atoms with E-state index in [0.29, 0.717) is 17.0 Å². The van der Waals surface area contributed by atoms with Crippen molar-refractivity contribution >= 4 is 27.5 Å². The van der Waals surface area contributed by atoms with E-state index in [-0.39, 0.29) is 11.9 Å². The van der Waals surface area contributed by atoms with Crippen molar-refractivity contribution in [2.75, 3.05) is 7.05 Å². The fourth-order valence-electron chi connectivity index (χ4n) is 1.96. The molecule has 0 fully saturated rings. The van der Waals surface area contributed by atoms with E-state index in [4.69, 9.17) is 11.6 Å². The van der Waals surface area contributed by atoms with Crippen molar-refractivity contribution in [3.05, 3.63) is 63.1 Å². The summed E-state index contributed by atoms with van der Waals surface area (Å²) in [5.41, 5.74) is 1.56. The van der Waals surface area contributed by atoms with Gasteiger partial charge in [0.1, 0.15) is 5.82 Å². The molecule has 1 aromatic carbocycles. The zero-order valence-electron chi connectivity index (χ0n) is 10.3. The first-order chi connectivity index (χ1) is 9.11. The molecule has 1 aromatic heterocycles. The molecule has 100 valence electrons. The van der Waals surface area contributed by atoms with Crippen molar-refractivity contribution in [1.82, 2.24) is 10.3 Å². The quantitative estimate of drug-likeness (QED) is 0.902. The minimum absolute atomic E-state index is 0.0562. The van der Waals surface area contributed by atoms with E-state index in [1.54, 1.807) is 24.5 Å². The van der Waals surface area contributed by atoms with E-state index in [1.165, 1.54) is 6.07 Å². The van der Waals surface area contributed by atoms with Crippen LogP contribution in [-0.2, 0) is 6.42 Å². The molecule has 1 unspecified atom stereocenters. The van der Waals surface area contributed by atoms with Gasteiger partial charge in [-0.2, -0.15) is 0 Å². The second-order valence-corrected chi connectivity index (χ2v) is 5.50. The molecular weight excluding hydrogens is 331 g/mol. The second-order valence-electron chi connectivity index (χ2n) is 4.18.